The van der Waals surface area contributed by atoms with E-state index in [0.717, 1.165) is 0 Å². The number of esters is 3. The first-order valence-electron chi connectivity index (χ1n) is 12.0. The molecule has 1 saturated heterocycles. The van der Waals surface area contributed by atoms with Crippen molar-refractivity contribution in [3.63, 3.8) is 0 Å². The highest BCUT2D eigenvalue weighted by Gasteiger charge is 2.74. The molecule has 2 aliphatic rings. The molecule has 2 unspecified atom stereocenters. The van der Waals surface area contributed by atoms with E-state index in [2.05, 4.69) is 67.7 Å². The molecule has 2 rings (SSSR count). The fourth-order valence-corrected chi connectivity index (χ4v) is 6.91. The van der Waals surface area contributed by atoms with Crippen LogP contribution >= 0.6 is 0 Å². The molecule has 2 fully saturated rings. The summed E-state index contributed by atoms with van der Waals surface area (Å²) in [5, 5.41) is -0.214. The van der Waals surface area contributed by atoms with Crippen molar-refractivity contribution in [3.8, 4) is 0 Å². The van der Waals surface area contributed by atoms with E-state index in [-0.39, 0.29) is 29.0 Å². The molecule has 0 aromatic heterocycles. The van der Waals surface area contributed by atoms with Gasteiger partial charge in [-0.05, 0) is 36.3 Å². The summed E-state index contributed by atoms with van der Waals surface area (Å²) in [5.41, 5.74) is -1.53. The summed E-state index contributed by atoms with van der Waals surface area (Å²) in [6.07, 6.45) is -0.910. The van der Waals surface area contributed by atoms with E-state index in [0.29, 0.717) is 6.42 Å². The van der Waals surface area contributed by atoms with E-state index in [1.54, 1.807) is 0 Å². The second-order valence-corrected chi connectivity index (χ2v) is 22.3. The van der Waals surface area contributed by atoms with Gasteiger partial charge in [-0.2, -0.15) is 0 Å². The van der Waals surface area contributed by atoms with Crippen LogP contribution < -0.4 is 0 Å². The maximum absolute atomic E-state index is 12.8. The van der Waals surface area contributed by atoms with Gasteiger partial charge in [-0.3, -0.25) is 14.4 Å². The van der Waals surface area contributed by atoms with E-state index >= 15 is 0 Å². The number of carbonyl (C=O) groups excluding carboxylic acids is 3. The Balaban J connectivity index is 2.67. The zero-order chi connectivity index (χ0) is 26.5. The van der Waals surface area contributed by atoms with Crippen LogP contribution in [0.15, 0.2) is 0 Å². The molecule has 10 heteroatoms. The molecule has 0 bridgehead atoms. The van der Waals surface area contributed by atoms with Crippen molar-refractivity contribution in [2.45, 2.75) is 135 Å². The molecular weight excluding hydrogens is 472 g/mol. The first kappa shape index (κ1) is 29.0. The Kier molecular flexibility index (Phi) is 7.68. The molecule has 0 aromatic rings. The van der Waals surface area contributed by atoms with Crippen molar-refractivity contribution in [1.29, 1.82) is 0 Å². The van der Waals surface area contributed by atoms with Gasteiger partial charge in [0.1, 0.15) is 6.10 Å². The molecule has 0 radical (unpaired) electrons. The Labute approximate surface area is 206 Å². The Hall–Kier alpha value is -1.24. The summed E-state index contributed by atoms with van der Waals surface area (Å²) in [6.45, 7) is 23.8. The van der Waals surface area contributed by atoms with Crippen LogP contribution in [-0.4, -0.2) is 58.1 Å². The topological polar surface area (TPSA) is 97.4 Å². The summed E-state index contributed by atoms with van der Waals surface area (Å²) in [7, 11) is -4.66. The summed E-state index contributed by atoms with van der Waals surface area (Å²) in [5.74, 6) is -3.68. The lowest BCUT2D eigenvalue weighted by Gasteiger charge is -2.54. The quantitative estimate of drug-likeness (QED) is 0.356. The SMILES string of the molecule is CC(=O)OC12CC(=O)OC1(OC(C)=O)[C@@H](O[Si](C)(C)C(C)(C)C)C[C@H](O[Si](C)(C)C(C)(C)C)C2. The second-order valence-electron chi connectivity index (χ2n) is 12.8. The fourth-order valence-electron chi connectivity index (χ4n) is 4.23. The lowest BCUT2D eigenvalue weighted by Crippen LogP contribution is -2.70. The average molecular weight is 517 g/mol. The predicted octanol–water partition coefficient (Wildman–Crippen LogP) is 5.07. The van der Waals surface area contributed by atoms with Crippen LogP contribution in [-0.2, 0) is 37.4 Å². The van der Waals surface area contributed by atoms with Gasteiger partial charge in [0.15, 0.2) is 16.6 Å². The maximum atomic E-state index is 12.8. The van der Waals surface area contributed by atoms with Crippen LogP contribution in [0.25, 0.3) is 0 Å². The van der Waals surface area contributed by atoms with E-state index < -0.39 is 52.0 Å². The third kappa shape index (κ3) is 5.44. The van der Waals surface area contributed by atoms with Crippen molar-refractivity contribution in [2.75, 3.05) is 0 Å². The van der Waals surface area contributed by atoms with Gasteiger partial charge in [-0.25, -0.2) is 0 Å². The van der Waals surface area contributed by atoms with Crippen LogP contribution in [0, 0.1) is 0 Å². The molecule has 0 aromatic carbocycles. The van der Waals surface area contributed by atoms with Crippen molar-refractivity contribution in [3.05, 3.63) is 0 Å². The second kappa shape index (κ2) is 9.01. The smallest absolute Gasteiger partial charge is 0.322 e. The average Bonchev–Trinajstić information content (AvgIpc) is 2.82. The van der Waals surface area contributed by atoms with Crippen molar-refractivity contribution < 1.29 is 37.4 Å². The Morgan fingerprint density at radius 3 is 1.79 bits per heavy atom. The highest BCUT2D eigenvalue weighted by Crippen LogP contribution is 2.55. The van der Waals surface area contributed by atoms with Crippen LogP contribution in [0.2, 0.25) is 36.3 Å². The number of hydrogen-bond donors (Lipinski definition) is 0. The van der Waals surface area contributed by atoms with Gasteiger partial charge in [0, 0.05) is 26.7 Å². The highest BCUT2D eigenvalue weighted by molar-refractivity contribution is 6.74. The fraction of sp³-hybridized carbons (Fsp3) is 0.875. The molecular formula is C24H44O8Si2. The summed E-state index contributed by atoms with van der Waals surface area (Å²) < 4.78 is 30.9. The number of rotatable bonds is 6. The molecule has 4 atom stereocenters. The molecule has 1 aliphatic carbocycles. The van der Waals surface area contributed by atoms with Gasteiger partial charge in [0.05, 0.1) is 12.5 Å². The summed E-state index contributed by atoms with van der Waals surface area (Å²) in [6, 6.07) is 0. The van der Waals surface area contributed by atoms with Crippen molar-refractivity contribution in [2.24, 2.45) is 0 Å². The minimum atomic E-state index is -2.44. The summed E-state index contributed by atoms with van der Waals surface area (Å²) in [4.78, 5) is 37.4. The van der Waals surface area contributed by atoms with Crippen molar-refractivity contribution >= 4 is 34.5 Å². The number of ether oxygens (including phenoxy) is 3. The molecule has 8 nitrogen and oxygen atoms in total. The van der Waals surface area contributed by atoms with Gasteiger partial charge in [-0.15, -0.1) is 0 Å². The zero-order valence-corrected chi connectivity index (χ0v) is 25.0. The first-order chi connectivity index (χ1) is 15.1. The number of fused-ring (bicyclic) bond motifs is 1. The van der Waals surface area contributed by atoms with Crippen LogP contribution in [0.4, 0.5) is 0 Å². The lowest BCUT2D eigenvalue weighted by molar-refractivity contribution is -0.319. The van der Waals surface area contributed by atoms with E-state index in [1.807, 2.05) is 0 Å². The molecule has 196 valence electrons. The largest absolute Gasteiger partial charge is 0.450 e. The highest BCUT2D eigenvalue weighted by atomic mass is 28.4. The molecule has 34 heavy (non-hydrogen) atoms. The van der Waals surface area contributed by atoms with E-state index in [9.17, 15) is 14.4 Å². The standard InChI is InChI=1S/C24H44O8Si2/c1-16(25)28-23-14-18(31-33(9,10)21(3,4)5)13-19(32-34(11,12)22(6,7)8)24(23,29-17(2)26)30-20(27)15-23/h18-19H,13-15H2,1-12H3/t18-,19-,23?,24?/m0/s1. The lowest BCUT2D eigenvalue weighted by atomic mass is 9.75. The Morgan fingerprint density at radius 1 is 0.882 bits per heavy atom. The van der Waals surface area contributed by atoms with Gasteiger partial charge >= 0.3 is 23.7 Å². The van der Waals surface area contributed by atoms with Gasteiger partial charge < -0.3 is 23.1 Å². The summed E-state index contributed by atoms with van der Waals surface area (Å²) >= 11 is 0. The number of carbonyl (C=O) groups is 3. The molecule has 1 aliphatic heterocycles. The Bertz CT molecular complexity index is 826. The minimum absolute atomic E-state index is 0.0518. The van der Waals surface area contributed by atoms with Crippen LogP contribution in [0.1, 0.15) is 74.7 Å². The minimum Gasteiger partial charge on any atom is -0.450 e. The first-order valence-corrected chi connectivity index (χ1v) is 17.9. The third-order valence-corrected chi connectivity index (χ3v) is 17.0. The molecule has 1 saturated carbocycles. The molecule has 0 spiro atoms. The van der Waals surface area contributed by atoms with Gasteiger partial charge in [0.25, 0.3) is 0 Å². The maximum Gasteiger partial charge on any atom is 0.322 e. The van der Waals surface area contributed by atoms with Crippen molar-refractivity contribution in [1.82, 2.24) is 0 Å². The number of hydrogen-bond acceptors (Lipinski definition) is 8. The molecule has 0 N–H and O–H groups in total. The van der Waals surface area contributed by atoms with Crippen LogP contribution in [0.3, 0.4) is 0 Å². The normalized spacial score (nSPS) is 30.4. The third-order valence-electron chi connectivity index (χ3n) is 7.93. The molecule has 0 amide bonds. The predicted molar refractivity (Wildman–Crippen MR) is 133 cm³/mol. The Morgan fingerprint density at radius 2 is 1.35 bits per heavy atom. The zero-order valence-electron chi connectivity index (χ0n) is 23.0. The monoisotopic (exact) mass is 516 g/mol. The van der Waals surface area contributed by atoms with Gasteiger partial charge in [0.2, 0.25) is 5.60 Å². The van der Waals surface area contributed by atoms with E-state index in [4.69, 9.17) is 23.1 Å². The van der Waals surface area contributed by atoms with Gasteiger partial charge in [-0.1, -0.05) is 41.5 Å². The van der Waals surface area contributed by atoms with E-state index in [1.165, 1.54) is 13.8 Å². The van der Waals surface area contributed by atoms with Crippen LogP contribution in [0.5, 0.6) is 0 Å². The molecule has 1 heterocycles.